The molecule has 1 rings (SSSR count). The lowest BCUT2D eigenvalue weighted by Crippen LogP contribution is -2.18. The zero-order chi connectivity index (χ0) is 14.1. The van der Waals surface area contributed by atoms with Crippen molar-refractivity contribution >= 4 is 12.6 Å². The number of unbranched alkanes of at least 4 members (excludes halogenated alkanes) is 3. The average Bonchev–Trinajstić information content (AvgIpc) is 2.44. The summed E-state index contributed by atoms with van der Waals surface area (Å²) >= 11 is 4.07. The van der Waals surface area contributed by atoms with Crippen LogP contribution in [-0.4, -0.2) is 22.1 Å². The zero-order valence-corrected chi connectivity index (χ0v) is 12.6. The lowest BCUT2D eigenvalue weighted by Gasteiger charge is -2.17. The van der Waals surface area contributed by atoms with Crippen LogP contribution in [0, 0.1) is 0 Å². The molecular weight excluding hydrogens is 256 g/mol. The van der Waals surface area contributed by atoms with E-state index in [9.17, 15) is 10.2 Å². The summed E-state index contributed by atoms with van der Waals surface area (Å²) in [6, 6.07) is 7.94. The number of thiol groups is 1. The number of benzene rings is 1. The third-order valence-electron chi connectivity index (χ3n) is 3.43. The van der Waals surface area contributed by atoms with Gasteiger partial charge in [-0.3, -0.25) is 0 Å². The van der Waals surface area contributed by atoms with E-state index in [2.05, 4.69) is 31.7 Å². The van der Waals surface area contributed by atoms with Gasteiger partial charge in [0.2, 0.25) is 0 Å². The maximum Gasteiger partial charge on any atom is 0.105 e. The summed E-state index contributed by atoms with van der Waals surface area (Å²) in [4.78, 5) is 0. The fourth-order valence-corrected chi connectivity index (χ4v) is 2.41. The van der Waals surface area contributed by atoms with Crippen molar-refractivity contribution in [3.8, 4) is 0 Å². The average molecular weight is 282 g/mol. The van der Waals surface area contributed by atoms with E-state index in [-0.39, 0.29) is 0 Å². The molecule has 1 aromatic rings. The topological polar surface area (TPSA) is 40.5 Å². The summed E-state index contributed by atoms with van der Waals surface area (Å²) in [6.45, 7) is 2.21. The highest BCUT2D eigenvalue weighted by Gasteiger charge is 2.17. The van der Waals surface area contributed by atoms with Gasteiger partial charge in [-0.15, -0.1) is 0 Å². The first-order valence-corrected chi connectivity index (χ1v) is 7.88. The van der Waals surface area contributed by atoms with Gasteiger partial charge in [-0.05, 0) is 36.1 Å². The van der Waals surface area contributed by atoms with E-state index in [1.807, 2.05) is 12.1 Å². The minimum Gasteiger partial charge on any atom is -0.390 e. The maximum absolute atomic E-state index is 9.97. The van der Waals surface area contributed by atoms with E-state index >= 15 is 0 Å². The van der Waals surface area contributed by atoms with Gasteiger partial charge in [0, 0.05) is 0 Å². The summed E-state index contributed by atoms with van der Waals surface area (Å²) in [6.07, 6.45) is 5.12. The van der Waals surface area contributed by atoms with Crippen LogP contribution in [0.25, 0.3) is 0 Å². The van der Waals surface area contributed by atoms with Crippen molar-refractivity contribution in [2.24, 2.45) is 0 Å². The Bertz CT molecular complexity index is 337. The molecule has 0 aromatic heterocycles. The molecule has 0 saturated heterocycles. The van der Waals surface area contributed by atoms with Gasteiger partial charge >= 0.3 is 0 Å². The molecule has 1 aromatic carbocycles. The second kappa shape index (κ2) is 9.40. The second-order valence-electron chi connectivity index (χ2n) is 5.08. The van der Waals surface area contributed by atoms with Crippen LogP contribution in [0.2, 0.25) is 0 Å². The Morgan fingerprint density at radius 3 is 2.32 bits per heavy atom. The Morgan fingerprint density at radius 1 is 1.05 bits per heavy atom. The summed E-state index contributed by atoms with van der Waals surface area (Å²) in [5.74, 6) is 0.577. The first kappa shape index (κ1) is 16.5. The fraction of sp³-hybridized carbons (Fsp3) is 0.625. The molecule has 0 bridgehead atoms. The number of aryl methyl sites for hydroxylation is 1. The van der Waals surface area contributed by atoms with Crippen molar-refractivity contribution in [1.82, 2.24) is 0 Å². The monoisotopic (exact) mass is 282 g/mol. The predicted octanol–water partition coefficient (Wildman–Crippen LogP) is 3.52. The van der Waals surface area contributed by atoms with Crippen LogP contribution in [0.5, 0.6) is 0 Å². The van der Waals surface area contributed by atoms with Gasteiger partial charge in [0.05, 0.1) is 6.10 Å². The fourth-order valence-electron chi connectivity index (χ4n) is 2.15. The number of aliphatic hydroxyl groups is 2. The van der Waals surface area contributed by atoms with Crippen molar-refractivity contribution in [3.63, 3.8) is 0 Å². The minimum atomic E-state index is -0.804. The number of hydrogen-bond acceptors (Lipinski definition) is 3. The summed E-state index contributed by atoms with van der Waals surface area (Å²) in [5, 5.41) is 19.7. The standard InChI is InChI=1S/C16H26O2S/c1-2-3-4-5-6-13-7-9-14(10-8-13)16(18)15(17)11-12-19/h7-10,15-19H,2-6,11-12H2,1H3. The molecule has 0 aliphatic heterocycles. The van der Waals surface area contributed by atoms with E-state index in [1.54, 1.807) is 0 Å². The first-order chi connectivity index (χ1) is 9.19. The van der Waals surface area contributed by atoms with Gasteiger partial charge in [-0.25, -0.2) is 0 Å². The Hall–Kier alpha value is -0.510. The SMILES string of the molecule is CCCCCCc1ccc(C(O)C(O)CCS)cc1. The molecule has 2 nitrogen and oxygen atoms in total. The molecule has 0 amide bonds. The normalized spacial score (nSPS) is 14.3. The van der Waals surface area contributed by atoms with Crippen LogP contribution in [0.15, 0.2) is 24.3 Å². The highest BCUT2D eigenvalue weighted by molar-refractivity contribution is 7.80. The van der Waals surface area contributed by atoms with Crippen LogP contribution in [0.3, 0.4) is 0 Å². The van der Waals surface area contributed by atoms with Crippen LogP contribution < -0.4 is 0 Å². The van der Waals surface area contributed by atoms with Crippen molar-refractivity contribution < 1.29 is 10.2 Å². The van der Waals surface area contributed by atoms with Crippen molar-refractivity contribution in [2.75, 3.05) is 5.75 Å². The van der Waals surface area contributed by atoms with E-state index in [1.165, 1.54) is 31.2 Å². The molecular formula is C16H26O2S. The maximum atomic E-state index is 9.97. The Morgan fingerprint density at radius 2 is 1.74 bits per heavy atom. The molecule has 0 aliphatic rings. The molecule has 108 valence electrons. The van der Waals surface area contributed by atoms with Gasteiger partial charge in [-0.2, -0.15) is 12.6 Å². The largest absolute Gasteiger partial charge is 0.390 e. The highest BCUT2D eigenvalue weighted by atomic mass is 32.1. The smallest absolute Gasteiger partial charge is 0.105 e. The third-order valence-corrected chi connectivity index (χ3v) is 3.69. The Balaban J connectivity index is 2.46. The van der Waals surface area contributed by atoms with Gasteiger partial charge in [0.25, 0.3) is 0 Å². The summed E-state index contributed by atoms with van der Waals surface area (Å²) in [7, 11) is 0. The van der Waals surface area contributed by atoms with E-state index in [0.29, 0.717) is 12.2 Å². The minimum absolute atomic E-state index is 0.503. The van der Waals surface area contributed by atoms with Crippen LogP contribution in [0.1, 0.15) is 56.3 Å². The van der Waals surface area contributed by atoms with E-state index in [4.69, 9.17) is 0 Å². The third kappa shape index (κ3) is 5.98. The van der Waals surface area contributed by atoms with Crippen molar-refractivity contribution in [3.05, 3.63) is 35.4 Å². The number of hydrogen-bond donors (Lipinski definition) is 3. The molecule has 0 radical (unpaired) electrons. The molecule has 0 heterocycles. The van der Waals surface area contributed by atoms with Crippen LogP contribution >= 0.6 is 12.6 Å². The molecule has 0 fully saturated rings. The van der Waals surface area contributed by atoms with Crippen molar-refractivity contribution in [1.29, 1.82) is 0 Å². The molecule has 3 heteroatoms. The van der Waals surface area contributed by atoms with Crippen molar-refractivity contribution in [2.45, 2.75) is 57.7 Å². The van der Waals surface area contributed by atoms with Gasteiger partial charge < -0.3 is 10.2 Å². The quantitative estimate of drug-likeness (QED) is 0.479. The van der Waals surface area contributed by atoms with Crippen LogP contribution in [0.4, 0.5) is 0 Å². The Labute approximate surface area is 122 Å². The van der Waals surface area contributed by atoms with Crippen LogP contribution in [-0.2, 0) is 6.42 Å². The molecule has 2 N–H and O–H groups in total. The predicted molar refractivity (Wildman–Crippen MR) is 83.7 cm³/mol. The molecule has 0 spiro atoms. The second-order valence-corrected chi connectivity index (χ2v) is 5.52. The molecule has 2 unspecified atom stereocenters. The zero-order valence-electron chi connectivity index (χ0n) is 11.8. The summed E-state index contributed by atoms with van der Waals surface area (Å²) < 4.78 is 0. The number of rotatable bonds is 9. The lowest BCUT2D eigenvalue weighted by atomic mass is 9.99. The van der Waals surface area contributed by atoms with Gasteiger partial charge in [0.15, 0.2) is 0 Å². The van der Waals surface area contributed by atoms with Gasteiger partial charge in [0.1, 0.15) is 6.10 Å². The van der Waals surface area contributed by atoms with E-state index in [0.717, 1.165) is 12.0 Å². The molecule has 0 aliphatic carbocycles. The van der Waals surface area contributed by atoms with E-state index < -0.39 is 12.2 Å². The van der Waals surface area contributed by atoms with Gasteiger partial charge in [-0.1, -0.05) is 50.5 Å². The summed E-state index contributed by atoms with van der Waals surface area (Å²) in [5.41, 5.74) is 2.09. The highest BCUT2D eigenvalue weighted by Crippen LogP contribution is 2.20. The molecule has 0 saturated carbocycles. The first-order valence-electron chi connectivity index (χ1n) is 7.24. The molecule has 2 atom stereocenters. The lowest BCUT2D eigenvalue weighted by molar-refractivity contribution is 0.0172. The molecule has 19 heavy (non-hydrogen) atoms. The Kier molecular flexibility index (Phi) is 8.19. The number of aliphatic hydroxyl groups excluding tert-OH is 2.